The third-order valence-corrected chi connectivity index (χ3v) is 4.92. The molecule has 1 saturated heterocycles. The van der Waals surface area contributed by atoms with Crippen LogP contribution in [-0.4, -0.2) is 47.2 Å². The first kappa shape index (κ1) is 18.4. The van der Waals surface area contributed by atoms with Crippen molar-refractivity contribution in [3.05, 3.63) is 41.3 Å². The second-order valence-electron chi connectivity index (χ2n) is 7.23. The topological polar surface area (TPSA) is 62.5 Å². The molecule has 1 amide bonds. The van der Waals surface area contributed by atoms with Gasteiger partial charge in [-0.3, -0.25) is 4.79 Å². The van der Waals surface area contributed by atoms with Crippen molar-refractivity contribution in [1.29, 1.82) is 0 Å². The van der Waals surface area contributed by atoms with Crippen LogP contribution in [0.5, 0.6) is 0 Å². The third kappa shape index (κ3) is 4.42. The number of anilines is 1. The number of rotatable bonds is 6. The monoisotopic (exact) mass is 356 g/mol. The molecule has 0 aliphatic carbocycles. The average Bonchev–Trinajstić information content (AvgIpc) is 3.14. The molecule has 0 radical (unpaired) electrons. The predicted molar refractivity (Wildman–Crippen MR) is 101 cm³/mol. The largest absolute Gasteiger partial charge is 0.408 e. The lowest BCUT2D eigenvalue weighted by molar-refractivity contribution is -0.131. The van der Waals surface area contributed by atoms with Gasteiger partial charge < -0.3 is 14.2 Å². The van der Waals surface area contributed by atoms with E-state index >= 15 is 0 Å². The molecule has 0 atom stereocenters. The smallest absolute Gasteiger partial charge is 0.318 e. The van der Waals surface area contributed by atoms with Crippen LogP contribution in [0.3, 0.4) is 0 Å². The molecule has 3 rings (SSSR count). The van der Waals surface area contributed by atoms with Crippen LogP contribution in [0.4, 0.5) is 6.01 Å². The second kappa shape index (κ2) is 8.34. The molecule has 0 N–H and O–H groups in total. The minimum Gasteiger partial charge on any atom is -0.408 e. The summed E-state index contributed by atoms with van der Waals surface area (Å²) in [6.45, 7) is 9.09. The highest BCUT2D eigenvalue weighted by atomic mass is 16.4. The van der Waals surface area contributed by atoms with E-state index in [1.165, 1.54) is 11.1 Å². The molecule has 1 aromatic carbocycles. The Morgan fingerprint density at radius 2 is 1.88 bits per heavy atom. The number of carbonyl (C=O) groups excluding carboxylic acids is 1. The van der Waals surface area contributed by atoms with E-state index < -0.39 is 0 Å². The highest BCUT2D eigenvalue weighted by molar-refractivity contribution is 5.76. The Bertz CT molecular complexity index is 733. The van der Waals surface area contributed by atoms with Crippen molar-refractivity contribution in [1.82, 2.24) is 15.1 Å². The molecule has 140 valence electrons. The predicted octanol–water partition coefficient (Wildman–Crippen LogP) is 3.17. The van der Waals surface area contributed by atoms with E-state index in [0.717, 1.165) is 25.9 Å². The van der Waals surface area contributed by atoms with E-state index in [2.05, 4.69) is 46.3 Å². The molecule has 6 heteroatoms. The third-order valence-electron chi connectivity index (χ3n) is 4.92. The van der Waals surface area contributed by atoms with Crippen LogP contribution < -0.4 is 4.90 Å². The van der Waals surface area contributed by atoms with Crippen molar-refractivity contribution >= 4 is 11.9 Å². The van der Waals surface area contributed by atoms with Crippen LogP contribution in [0.15, 0.2) is 28.7 Å². The molecule has 6 nitrogen and oxygen atoms in total. The summed E-state index contributed by atoms with van der Waals surface area (Å²) in [5.74, 6) is 1.13. The second-order valence-corrected chi connectivity index (χ2v) is 7.23. The van der Waals surface area contributed by atoms with Crippen molar-refractivity contribution in [2.45, 2.75) is 46.0 Å². The van der Waals surface area contributed by atoms with Gasteiger partial charge >= 0.3 is 6.01 Å². The molecule has 1 aliphatic heterocycles. The van der Waals surface area contributed by atoms with Crippen LogP contribution >= 0.6 is 0 Å². The molecule has 0 spiro atoms. The first-order valence-electron chi connectivity index (χ1n) is 9.45. The van der Waals surface area contributed by atoms with E-state index in [4.69, 9.17) is 4.42 Å². The Kier molecular flexibility index (Phi) is 5.91. The summed E-state index contributed by atoms with van der Waals surface area (Å²) in [6.07, 6.45) is 2.45. The Morgan fingerprint density at radius 3 is 2.54 bits per heavy atom. The minimum absolute atomic E-state index is 0.229. The highest BCUT2D eigenvalue weighted by Crippen LogP contribution is 2.20. The van der Waals surface area contributed by atoms with Crippen molar-refractivity contribution in [3.8, 4) is 0 Å². The molecule has 0 saturated carbocycles. The van der Waals surface area contributed by atoms with Crippen LogP contribution in [0.2, 0.25) is 0 Å². The van der Waals surface area contributed by atoms with Gasteiger partial charge in [0.05, 0.1) is 0 Å². The number of carbonyl (C=O) groups is 1. The number of benzene rings is 1. The molecule has 2 heterocycles. The summed E-state index contributed by atoms with van der Waals surface area (Å²) in [4.78, 5) is 16.5. The van der Waals surface area contributed by atoms with Crippen molar-refractivity contribution in [2.75, 3.05) is 31.1 Å². The fourth-order valence-corrected chi connectivity index (χ4v) is 3.21. The maximum Gasteiger partial charge on any atom is 0.318 e. The van der Waals surface area contributed by atoms with E-state index in [0.29, 0.717) is 31.4 Å². The SMILES string of the molecule is Cc1ccccc1CCCC(=O)N1CCN(c2nnc(C(C)C)o2)CC1. The first-order chi connectivity index (χ1) is 12.5. The minimum atomic E-state index is 0.229. The zero-order chi connectivity index (χ0) is 18.5. The van der Waals surface area contributed by atoms with Gasteiger partial charge in [-0.2, -0.15) is 0 Å². The number of amides is 1. The number of aromatic nitrogens is 2. The number of nitrogens with zero attached hydrogens (tertiary/aromatic N) is 4. The first-order valence-corrected chi connectivity index (χ1v) is 9.45. The normalized spacial score (nSPS) is 14.9. The molecular formula is C20H28N4O2. The summed E-state index contributed by atoms with van der Waals surface area (Å²) in [5, 5.41) is 8.21. The highest BCUT2D eigenvalue weighted by Gasteiger charge is 2.24. The molecule has 0 bridgehead atoms. The van der Waals surface area contributed by atoms with Gasteiger partial charge in [0.2, 0.25) is 11.8 Å². The van der Waals surface area contributed by atoms with E-state index in [1.54, 1.807) is 0 Å². The van der Waals surface area contributed by atoms with E-state index in [9.17, 15) is 4.79 Å². The van der Waals surface area contributed by atoms with E-state index in [1.807, 2.05) is 18.7 Å². The lowest BCUT2D eigenvalue weighted by Gasteiger charge is -2.33. The molecule has 0 unspecified atom stereocenters. The van der Waals surface area contributed by atoms with Crippen LogP contribution in [0.25, 0.3) is 0 Å². The fourth-order valence-electron chi connectivity index (χ4n) is 3.21. The van der Waals surface area contributed by atoms with Gasteiger partial charge in [0.25, 0.3) is 0 Å². The lowest BCUT2D eigenvalue weighted by atomic mass is 10.0. The Morgan fingerprint density at radius 1 is 1.15 bits per heavy atom. The van der Waals surface area contributed by atoms with Crippen molar-refractivity contribution in [2.24, 2.45) is 0 Å². The molecule has 1 aromatic heterocycles. The molecule has 1 fully saturated rings. The molecule has 1 aliphatic rings. The number of hydrogen-bond acceptors (Lipinski definition) is 5. The summed E-state index contributed by atoms with van der Waals surface area (Å²) in [5.41, 5.74) is 2.64. The number of hydrogen-bond donors (Lipinski definition) is 0. The van der Waals surface area contributed by atoms with Gasteiger partial charge in [0.15, 0.2) is 0 Å². The standard InChI is InChI=1S/C20H28N4O2/c1-15(2)19-21-22-20(26-19)24-13-11-23(12-14-24)18(25)10-6-9-17-8-5-4-7-16(17)3/h4-5,7-8,15H,6,9-14H2,1-3H3. The Hall–Kier alpha value is -2.37. The number of piperazine rings is 1. The van der Waals surface area contributed by atoms with Crippen LogP contribution in [0, 0.1) is 6.92 Å². The molecule has 26 heavy (non-hydrogen) atoms. The zero-order valence-corrected chi connectivity index (χ0v) is 15.9. The van der Waals surface area contributed by atoms with Gasteiger partial charge in [-0.15, -0.1) is 5.10 Å². The van der Waals surface area contributed by atoms with E-state index in [-0.39, 0.29) is 11.8 Å². The molecule has 2 aromatic rings. The van der Waals surface area contributed by atoms with Crippen LogP contribution in [0.1, 0.15) is 49.6 Å². The quantitative estimate of drug-likeness (QED) is 0.795. The average molecular weight is 356 g/mol. The molecular weight excluding hydrogens is 328 g/mol. The maximum atomic E-state index is 12.5. The van der Waals surface area contributed by atoms with Gasteiger partial charge in [0.1, 0.15) is 0 Å². The van der Waals surface area contributed by atoms with Gasteiger partial charge in [-0.05, 0) is 30.9 Å². The van der Waals surface area contributed by atoms with Crippen LogP contribution in [-0.2, 0) is 11.2 Å². The number of aryl methyl sites for hydroxylation is 2. The summed E-state index contributed by atoms with van der Waals surface area (Å²) >= 11 is 0. The zero-order valence-electron chi connectivity index (χ0n) is 15.9. The van der Waals surface area contributed by atoms with Gasteiger partial charge in [-0.25, -0.2) is 0 Å². The lowest BCUT2D eigenvalue weighted by Crippen LogP contribution is -2.48. The summed E-state index contributed by atoms with van der Waals surface area (Å²) in [7, 11) is 0. The fraction of sp³-hybridized carbons (Fsp3) is 0.550. The Labute approximate surface area is 155 Å². The van der Waals surface area contributed by atoms with Crippen molar-refractivity contribution < 1.29 is 9.21 Å². The Balaban J connectivity index is 1.44. The maximum absolute atomic E-state index is 12.5. The van der Waals surface area contributed by atoms with Gasteiger partial charge in [-0.1, -0.05) is 43.2 Å². The van der Waals surface area contributed by atoms with Gasteiger partial charge in [0, 0.05) is 38.5 Å². The summed E-state index contributed by atoms with van der Waals surface area (Å²) in [6, 6.07) is 8.95. The summed E-state index contributed by atoms with van der Waals surface area (Å²) < 4.78 is 5.71. The van der Waals surface area contributed by atoms with Crippen molar-refractivity contribution in [3.63, 3.8) is 0 Å².